The molecule has 0 rings (SSSR count). The minimum atomic E-state index is -1.57. The average molecular weight is 462 g/mol. The summed E-state index contributed by atoms with van der Waals surface area (Å²) in [5.41, 5.74) is 11.0. The summed E-state index contributed by atoms with van der Waals surface area (Å²) in [5.74, 6) is -5.76. The lowest BCUT2D eigenvalue weighted by molar-refractivity contribution is -0.144. The Bertz CT molecular complexity index is 670. The van der Waals surface area contributed by atoms with Crippen LogP contribution in [0.1, 0.15) is 46.5 Å². The molecule has 0 heterocycles. The highest BCUT2D eigenvalue weighted by molar-refractivity contribution is 5.95. The molecular weight excluding hydrogens is 426 g/mol. The second kappa shape index (κ2) is 14.3. The first-order chi connectivity index (χ1) is 14.8. The van der Waals surface area contributed by atoms with Gasteiger partial charge < -0.3 is 42.7 Å². The number of amides is 3. The standard InChI is InChI=1S/C19H35N5O8/c1-9(2)15(19(31)32)24-16(28)11(6-4-5-7-20)22-17(29)12(8-13(26)27)23-18(30)14(21)10(3)25/h9-12,14-15,25H,4-8,20-21H2,1-3H3,(H,22,29)(H,23,30)(H,24,28)(H,26,27)(H,31,32). The van der Waals surface area contributed by atoms with Crippen LogP contribution in [0.2, 0.25) is 0 Å². The summed E-state index contributed by atoms with van der Waals surface area (Å²) in [7, 11) is 0. The van der Waals surface area contributed by atoms with Gasteiger partial charge in [-0.15, -0.1) is 0 Å². The third-order valence-electron chi connectivity index (χ3n) is 4.64. The molecule has 5 atom stereocenters. The van der Waals surface area contributed by atoms with Gasteiger partial charge in [0, 0.05) is 0 Å². The van der Waals surface area contributed by atoms with Crippen LogP contribution in [0.5, 0.6) is 0 Å². The van der Waals surface area contributed by atoms with E-state index >= 15 is 0 Å². The maximum atomic E-state index is 12.7. The summed E-state index contributed by atoms with van der Waals surface area (Å²) in [6.45, 7) is 4.79. The highest BCUT2D eigenvalue weighted by atomic mass is 16.4. The van der Waals surface area contributed by atoms with E-state index in [9.17, 15) is 34.2 Å². The van der Waals surface area contributed by atoms with E-state index in [1.165, 1.54) is 6.92 Å². The van der Waals surface area contributed by atoms with Crippen molar-refractivity contribution in [2.45, 2.75) is 76.7 Å². The highest BCUT2D eigenvalue weighted by Crippen LogP contribution is 2.07. The van der Waals surface area contributed by atoms with Gasteiger partial charge in [0.2, 0.25) is 17.7 Å². The first kappa shape index (κ1) is 29.2. The van der Waals surface area contributed by atoms with Gasteiger partial charge in [0.15, 0.2) is 0 Å². The van der Waals surface area contributed by atoms with Gasteiger partial charge >= 0.3 is 11.9 Å². The second-order valence-corrected chi connectivity index (χ2v) is 7.84. The number of aliphatic carboxylic acids is 2. The van der Waals surface area contributed by atoms with Crippen LogP contribution in [0, 0.1) is 5.92 Å². The zero-order chi connectivity index (χ0) is 25.0. The number of hydrogen-bond donors (Lipinski definition) is 8. The van der Waals surface area contributed by atoms with Crippen LogP contribution in [-0.2, 0) is 24.0 Å². The molecule has 0 saturated carbocycles. The molecule has 10 N–H and O–H groups in total. The van der Waals surface area contributed by atoms with E-state index in [1.807, 2.05) is 0 Å². The highest BCUT2D eigenvalue weighted by Gasteiger charge is 2.32. The molecule has 3 amide bonds. The van der Waals surface area contributed by atoms with Crippen molar-refractivity contribution in [2.24, 2.45) is 17.4 Å². The molecule has 0 bridgehead atoms. The van der Waals surface area contributed by atoms with E-state index in [-0.39, 0.29) is 6.42 Å². The van der Waals surface area contributed by atoms with Crippen LogP contribution in [0.4, 0.5) is 0 Å². The van der Waals surface area contributed by atoms with E-state index < -0.39 is 72.3 Å². The number of carboxylic acid groups (broad SMARTS) is 2. The van der Waals surface area contributed by atoms with Crippen LogP contribution in [0.15, 0.2) is 0 Å². The van der Waals surface area contributed by atoms with Crippen LogP contribution < -0.4 is 27.4 Å². The van der Waals surface area contributed by atoms with Crippen LogP contribution in [-0.4, -0.2) is 81.8 Å². The number of carbonyl (C=O) groups excluding carboxylic acids is 3. The third-order valence-corrected chi connectivity index (χ3v) is 4.64. The number of nitrogens with two attached hydrogens (primary N) is 2. The van der Waals surface area contributed by atoms with E-state index in [2.05, 4.69) is 16.0 Å². The van der Waals surface area contributed by atoms with Gasteiger partial charge in [-0.2, -0.15) is 0 Å². The van der Waals surface area contributed by atoms with Crippen molar-refractivity contribution in [2.75, 3.05) is 6.54 Å². The maximum Gasteiger partial charge on any atom is 0.326 e. The largest absolute Gasteiger partial charge is 0.481 e. The molecule has 5 unspecified atom stereocenters. The first-order valence-corrected chi connectivity index (χ1v) is 10.3. The fourth-order valence-electron chi connectivity index (χ4n) is 2.67. The van der Waals surface area contributed by atoms with Crippen LogP contribution in [0.3, 0.4) is 0 Å². The van der Waals surface area contributed by atoms with Crippen molar-refractivity contribution < 1.29 is 39.3 Å². The molecule has 0 aromatic heterocycles. The lowest BCUT2D eigenvalue weighted by atomic mass is 10.0. The molecule has 0 spiro atoms. The lowest BCUT2D eigenvalue weighted by Gasteiger charge is -2.26. The molecule has 13 heteroatoms. The molecule has 0 saturated heterocycles. The van der Waals surface area contributed by atoms with Crippen molar-refractivity contribution >= 4 is 29.7 Å². The number of rotatable bonds is 15. The summed E-state index contributed by atoms with van der Waals surface area (Å²) in [6.07, 6.45) is -0.977. The molecule has 0 radical (unpaired) electrons. The van der Waals surface area contributed by atoms with Gasteiger partial charge in [0.25, 0.3) is 0 Å². The second-order valence-electron chi connectivity index (χ2n) is 7.84. The predicted octanol–water partition coefficient (Wildman–Crippen LogP) is -2.51. The Kier molecular flexibility index (Phi) is 13.1. The van der Waals surface area contributed by atoms with Crippen LogP contribution in [0.25, 0.3) is 0 Å². The number of nitrogens with one attached hydrogen (secondary N) is 3. The number of hydrogen-bond acceptors (Lipinski definition) is 8. The molecule has 0 fully saturated rings. The Morgan fingerprint density at radius 2 is 1.38 bits per heavy atom. The van der Waals surface area contributed by atoms with Gasteiger partial charge in [0.1, 0.15) is 24.2 Å². The van der Waals surface area contributed by atoms with Crippen molar-refractivity contribution in [3.63, 3.8) is 0 Å². The zero-order valence-electron chi connectivity index (χ0n) is 18.5. The Morgan fingerprint density at radius 1 is 0.844 bits per heavy atom. The molecule has 0 aliphatic heterocycles. The Hall–Kier alpha value is -2.77. The number of carbonyl (C=O) groups is 5. The van der Waals surface area contributed by atoms with Gasteiger partial charge in [0.05, 0.1) is 12.5 Å². The normalized spacial score (nSPS) is 15.7. The molecule has 13 nitrogen and oxygen atoms in total. The average Bonchev–Trinajstić information content (AvgIpc) is 2.68. The van der Waals surface area contributed by atoms with Crippen molar-refractivity contribution in [3.8, 4) is 0 Å². The quantitative estimate of drug-likeness (QED) is 0.119. The van der Waals surface area contributed by atoms with Crippen molar-refractivity contribution in [3.05, 3.63) is 0 Å². The smallest absolute Gasteiger partial charge is 0.326 e. The third kappa shape index (κ3) is 10.5. The molecule has 184 valence electrons. The minimum Gasteiger partial charge on any atom is -0.481 e. The van der Waals surface area contributed by atoms with Gasteiger partial charge in [-0.3, -0.25) is 19.2 Å². The zero-order valence-corrected chi connectivity index (χ0v) is 18.5. The number of aliphatic hydroxyl groups excluding tert-OH is 1. The van der Waals surface area contributed by atoms with E-state index in [4.69, 9.17) is 16.6 Å². The van der Waals surface area contributed by atoms with Gasteiger partial charge in [-0.05, 0) is 38.6 Å². The summed E-state index contributed by atoms with van der Waals surface area (Å²) in [6, 6.07) is -5.36. The summed E-state index contributed by atoms with van der Waals surface area (Å²) >= 11 is 0. The molecule has 0 aliphatic carbocycles. The van der Waals surface area contributed by atoms with Gasteiger partial charge in [-0.1, -0.05) is 13.8 Å². The van der Waals surface area contributed by atoms with E-state index in [0.717, 1.165) is 0 Å². The predicted molar refractivity (Wildman–Crippen MR) is 113 cm³/mol. The molecule has 0 aliphatic rings. The lowest BCUT2D eigenvalue weighted by Crippen LogP contribution is -2.58. The van der Waals surface area contributed by atoms with Crippen molar-refractivity contribution in [1.82, 2.24) is 16.0 Å². The Balaban J connectivity index is 5.53. The monoisotopic (exact) mass is 461 g/mol. The van der Waals surface area contributed by atoms with E-state index in [1.54, 1.807) is 13.8 Å². The van der Waals surface area contributed by atoms with Crippen LogP contribution >= 0.6 is 0 Å². The van der Waals surface area contributed by atoms with Crippen molar-refractivity contribution in [1.29, 1.82) is 0 Å². The fraction of sp³-hybridized carbons (Fsp3) is 0.737. The summed E-state index contributed by atoms with van der Waals surface area (Å²) < 4.78 is 0. The molecular formula is C19H35N5O8. The maximum absolute atomic E-state index is 12.7. The summed E-state index contributed by atoms with van der Waals surface area (Å²) in [4.78, 5) is 60.0. The molecule has 32 heavy (non-hydrogen) atoms. The fourth-order valence-corrected chi connectivity index (χ4v) is 2.67. The number of aliphatic hydroxyl groups is 1. The number of unbranched alkanes of at least 4 members (excludes halogenated alkanes) is 1. The SMILES string of the molecule is CC(C)C(NC(=O)C(CCCCN)NC(=O)C(CC(=O)O)NC(=O)C(N)C(C)O)C(=O)O. The summed E-state index contributed by atoms with van der Waals surface area (Å²) in [5, 5.41) is 34.7. The minimum absolute atomic E-state index is 0.111. The van der Waals surface area contributed by atoms with Gasteiger partial charge in [-0.25, -0.2) is 4.79 Å². The molecule has 0 aromatic rings. The Morgan fingerprint density at radius 3 is 1.81 bits per heavy atom. The topological polar surface area (TPSA) is 234 Å². The molecule has 0 aromatic carbocycles. The van der Waals surface area contributed by atoms with E-state index in [0.29, 0.717) is 19.4 Å². The first-order valence-electron chi connectivity index (χ1n) is 10.3. The Labute approximate surface area is 186 Å². The number of carboxylic acids is 2.